The smallest absolute Gasteiger partial charge is 0.142 e. The van der Waals surface area contributed by atoms with Crippen LogP contribution in [0.3, 0.4) is 0 Å². The lowest BCUT2D eigenvalue weighted by Gasteiger charge is -2.45. The van der Waals surface area contributed by atoms with Crippen molar-refractivity contribution in [1.82, 2.24) is 0 Å². The Balaban J connectivity index is 1.41. The molecule has 5 rings (SSSR count). The molecule has 5 atom stereocenters. The maximum atomic E-state index is 6.80. The van der Waals surface area contributed by atoms with Crippen LogP contribution >= 0.6 is 21.6 Å². The van der Waals surface area contributed by atoms with Gasteiger partial charge in [-0.3, -0.25) is 0 Å². The third kappa shape index (κ3) is 9.95. The molecule has 0 bridgehead atoms. The van der Waals surface area contributed by atoms with Crippen molar-refractivity contribution in [1.29, 1.82) is 0 Å². The summed E-state index contributed by atoms with van der Waals surface area (Å²) in [6.45, 7) is 4.35. The lowest BCUT2D eigenvalue weighted by Crippen LogP contribution is -2.60. The molecule has 1 aliphatic heterocycles. The average Bonchev–Trinajstić information content (AvgIpc) is 3.07. The Hall–Kier alpha value is -2.62. The van der Waals surface area contributed by atoms with E-state index in [9.17, 15) is 0 Å². The molecular weight excluding hydrogens is 577 g/mol. The summed E-state index contributed by atoms with van der Waals surface area (Å²) in [5, 5.41) is 0. The zero-order valence-corrected chi connectivity index (χ0v) is 26.2. The molecule has 4 aromatic rings. The van der Waals surface area contributed by atoms with E-state index >= 15 is 0 Å². The summed E-state index contributed by atoms with van der Waals surface area (Å²) in [7, 11) is 3.46. The highest BCUT2D eigenvalue weighted by molar-refractivity contribution is 8.76. The molecule has 0 amide bonds. The van der Waals surface area contributed by atoms with Crippen LogP contribution in [0.25, 0.3) is 0 Å². The SMILES string of the molecule is CCSS[C@@H]1O[C@H](COCc2ccccc2)[C@H](OCc2ccccc2)[C@H](OCc2ccccc2)[C@H]1OCc1ccccc1. The second-order valence-electron chi connectivity index (χ2n) is 10.3. The van der Waals surface area contributed by atoms with Crippen LogP contribution in [-0.4, -0.2) is 42.2 Å². The van der Waals surface area contributed by atoms with Gasteiger partial charge in [0.2, 0.25) is 0 Å². The molecular formula is C36H40O5S2. The predicted octanol–water partition coefficient (Wildman–Crippen LogP) is 8.09. The van der Waals surface area contributed by atoms with E-state index in [0.29, 0.717) is 33.0 Å². The highest BCUT2D eigenvalue weighted by atomic mass is 33.1. The summed E-state index contributed by atoms with van der Waals surface area (Å²) in [4.78, 5) is 0. The predicted molar refractivity (Wildman–Crippen MR) is 176 cm³/mol. The fourth-order valence-electron chi connectivity index (χ4n) is 4.96. The van der Waals surface area contributed by atoms with Crippen molar-refractivity contribution in [3.05, 3.63) is 144 Å². The number of hydrogen-bond donors (Lipinski definition) is 0. The van der Waals surface area contributed by atoms with E-state index in [1.54, 1.807) is 21.6 Å². The van der Waals surface area contributed by atoms with E-state index in [1.165, 1.54) is 0 Å². The largest absolute Gasteiger partial charge is 0.374 e. The Labute approximate surface area is 263 Å². The molecule has 4 aromatic carbocycles. The van der Waals surface area contributed by atoms with Gasteiger partial charge in [-0.2, -0.15) is 0 Å². The summed E-state index contributed by atoms with van der Waals surface area (Å²) in [6.07, 6.45) is -1.51. The van der Waals surface area contributed by atoms with Gasteiger partial charge in [0.25, 0.3) is 0 Å². The summed E-state index contributed by atoms with van der Waals surface area (Å²) >= 11 is 0. The molecule has 1 aliphatic rings. The molecule has 0 N–H and O–H groups in total. The minimum absolute atomic E-state index is 0.267. The van der Waals surface area contributed by atoms with Gasteiger partial charge in [0.05, 0.1) is 33.0 Å². The lowest BCUT2D eigenvalue weighted by atomic mass is 9.98. The van der Waals surface area contributed by atoms with Crippen LogP contribution in [0, 0.1) is 0 Å². The molecule has 43 heavy (non-hydrogen) atoms. The van der Waals surface area contributed by atoms with Crippen molar-refractivity contribution in [3.63, 3.8) is 0 Å². The maximum Gasteiger partial charge on any atom is 0.142 e. The van der Waals surface area contributed by atoms with Gasteiger partial charge >= 0.3 is 0 Å². The van der Waals surface area contributed by atoms with Crippen molar-refractivity contribution in [2.45, 2.75) is 63.2 Å². The van der Waals surface area contributed by atoms with Gasteiger partial charge in [0.15, 0.2) is 0 Å². The standard InChI is InChI=1S/C36H40O5S2/c1-2-42-43-36-35(40-26-31-21-13-6-14-22-31)34(39-25-30-19-11-5-12-20-30)33(38-24-29-17-9-4-10-18-29)32(41-36)27-37-23-28-15-7-3-8-16-28/h3-22,32-36H,2,23-27H2,1H3/t32-,33+,34+,35-,36+/m1/s1. The molecule has 1 heterocycles. The Kier molecular flexibility index (Phi) is 13.0. The van der Waals surface area contributed by atoms with E-state index in [-0.39, 0.29) is 23.7 Å². The van der Waals surface area contributed by atoms with E-state index in [2.05, 4.69) is 55.5 Å². The lowest BCUT2D eigenvalue weighted by molar-refractivity contribution is -0.254. The number of rotatable bonds is 16. The van der Waals surface area contributed by atoms with Crippen LogP contribution in [0.4, 0.5) is 0 Å². The average molecular weight is 617 g/mol. The maximum absolute atomic E-state index is 6.80. The van der Waals surface area contributed by atoms with Crippen LogP contribution in [0.1, 0.15) is 29.2 Å². The zero-order valence-electron chi connectivity index (χ0n) is 24.5. The molecule has 0 saturated carbocycles. The Morgan fingerprint density at radius 3 is 1.42 bits per heavy atom. The van der Waals surface area contributed by atoms with Crippen molar-refractivity contribution < 1.29 is 23.7 Å². The van der Waals surface area contributed by atoms with Gasteiger partial charge in [-0.15, -0.1) is 0 Å². The molecule has 1 saturated heterocycles. The minimum Gasteiger partial charge on any atom is -0.374 e. The first kappa shape index (κ1) is 31.8. The second-order valence-corrected chi connectivity index (χ2v) is 13.1. The summed E-state index contributed by atoms with van der Waals surface area (Å²) in [5.41, 5.74) is 4.14. The van der Waals surface area contributed by atoms with Crippen molar-refractivity contribution in [3.8, 4) is 0 Å². The van der Waals surface area contributed by atoms with Crippen LogP contribution in [0.15, 0.2) is 121 Å². The molecule has 1 fully saturated rings. The van der Waals surface area contributed by atoms with Crippen LogP contribution in [0.2, 0.25) is 0 Å². The quantitative estimate of drug-likeness (QED) is 0.118. The molecule has 0 aliphatic carbocycles. The third-order valence-electron chi connectivity index (χ3n) is 7.12. The minimum atomic E-state index is -0.413. The van der Waals surface area contributed by atoms with Crippen molar-refractivity contribution in [2.24, 2.45) is 0 Å². The van der Waals surface area contributed by atoms with Crippen LogP contribution in [-0.2, 0) is 50.1 Å². The number of hydrogen-bond acceptors (Lipinski definition) is 7. The van der Waals surface area contributed by atoms with Crippen molar-refractivity contribution in [2.75, 3.05) is 12.4 Å². The zero-order chi connectivity index (χ0) is 29.5. The molecule has 0 aromatic heterocycles. The first-order chi connectivity index (χ1) is 21.3. The molecule has 5 nitrogen and oxygen atoms in total. The summed E-state index contributed by atoms with van der Waals surface area (Å²) < 4.78 is 33.2. The van der Waals surface area contributed by atoms with Crippen LogP contribution in [0.5, 0.6) is 0 Å². The van der Waals surface area contributed by atoms with Crippen LogP contribution < -0.4 is 0 Å². The number of benzene rings is 4. The second kappa shape index (κ2) is 17.6. The third-order valence-corrected chi connectivity index (χ3v) is 9.75. The highest BCUT2D eigenvalue weighted by Crippen LogP contribution is 2.39. The van der Waals surface area contributed by atoms with Gasteiger partial charge in [-0.05, 0) is 22.3 Å². The van der Waals surface area contributed by atoms with Gasteiger partial charge < -0.3 is 23.7 Å². The first-order valence-corrected chi connectivity index (χ1v) is 17.2. The Morgan fingerprint density at radius 2 is 0.953 bits per heavy atom. The summed E-state index contributed by atoms with van der Waals surface area (Å²) in [5.74, 6) is 0.953. The highest BCUT2D eigenvalue weighted by Gasteiger charge is 2.48. The van der Waals surface area contributed by atoms with Gasteiger partial charge in [-0.25, -0.2) is 0 Å². The molecule has 0 radical (unpaired) electrons. The normalized spacial score (nSPS) is 21.9. The molecule has 0 unspecified atom stereocenters. The van der Waals surface area contributed by atoms with Gasteiger partial charge in [-0.1, -0.05) is 150 Å². The molecule has 0 spiro atoms. The van der Waals surface area contributed by atoms with E-state index in [4.69, 9.17) is 23.7 Å². The van der Waals surface area contributed by atoms with E-state index < -0.39 is 6.10 Å². The number of ether oxygens (including phenoxy) is 5. The molecule has 226 valence electrons. The Bertz CT molecular complexity index is 1300. The topological polar surface area (TPSA) is 46.2 Å². The van der Waals surface area contributed by atoms with Crippen molar-refractivity contribution >= 4 is 21.6 Å². The van der Waals surface area contributed by atoms with Gasteiger partial charge in [0, 0.05) is 5.75 Å². The Morgan fingerprint density at radius 1 is 0.535 bits per heavy atom. The molecule has 7 heteroatoms. The van der Waals surface area contributed by atoms with E-state index in [1.807, 2.05) is 72.8 Å². The first-order valence-electron chi connectivity index (χ1n) is 14.8. The fourth-order valence-corrected chi connectivity index (χ4v) is 7.04. The van der Waals surface area contributed by atoms with Gasteiger partial charge in [0.1, 0.15) is 29.9 Å². The summed E-state index contributed by atoms with van der Waals surface area (Å²) in [6, 6.07) is 40.9. The van der Waals surface area contributed by atoms with E-state index in [0.717, 1.165) is 28.0 Å². The monoisotopic (exact) mass is 616 g/mol. The fraction of sp³-hybridized carbons (Fsp3) is 0.333.